The monoisotopic (exact) mass is 227 g/mol. The molecule has 0 aliphatic heterocycles. The van der Waals surface area contributed by atoms with E-state index in [0.717, 1.165) is 0 Å². The predicted molar refractivity (Wildman–Crippen MR) is 27.9 cm³/mol. The Morgan fingerprint density at radius 3 is 0.800 bits per heavy atom. The van der Waals surface area contributed by atoms with Crippen LogP contribution in [0.25, 0.3) is 0 Å². The van der Waals surface area contributed by atoms with E-state index in [-0.39, 0.29) is 68.5 Å². The average molecular weight is 228 g/mol. The van der Waals surface area contributed by atoms with Gasteiger partial charge in [-0.15, -0.1) is 0 Å². The fourth-order valence-corrected chi connectivity index (χ4v) is 0. The first-order chi connectivity index (χ1) is 3.46. The normalized spacial score (nSPS) is 4.80. The summed E-state index contributed by atoms with van der Waals surface area (Å²) in [6.07, 6.45) is 0. The Morgan fingerprint density at radius 1 is 0.800 bits per heavy atom. The number of nitrogens with zero attached hydrogens (tertiary/aromatic N) is 2. The maximum atomic E-state index is 8.25. The van der Waals surface area contributed by atoms with Gasteiger partial charge in [0, 0.05) is 0 Å². The summed E-state index contributed by atoms with van der Waals surface area (Å²) < 4.78 is 0. The van der Waals surface area contributed by atoms with E-state index in [4.69, 9.17) is 30.6 Å². The topological polar surface area (TPSA) is 132 Å². The van der Waals surface area contributed by atoms with Crippen LogP contribution in [-0.4, -0.2) is 61.6 Å². The van der Waals surface area contributed by atoms with Gasteiger partial charge in [-0.3, -0.25) is 0 Å². The van der Waals surface area contributed by atoms with Crippen LogP contribution in [0.1, 0.15) is 0 Å². The van der Waals surface area contributed by atoms with E-state index < -0.39 is 10.2 Å². The van der Waals surface area contributed by atoms with E-state index in [0.29, 0.717) is 0 Å². The summed E-state index contributed by atoms with van der Waals surface area (Å²) in [4.78, 5) is 16.5. The van der Waals surface area contributed by atoms with Crippen molar-refractivity contribution in [2.75, 3.05) is 0 Å². The summed E-state index contributed by atoms with van der Waals surface area (Å²) >= 11 is 0. The summed E-state index contributed by atoms with van der Waals surface area (Å²) in [6, 6.07) is 0. The van der Waals surface area contributed by atoms with Crippen LogP contribution in [0.3, 0.4) is 0 Å². The van der Waals surface area contributed by atoms with Gasteiger partial charge in [-0.25, -0.2) is 0 Å². The molecule has 0 N–H and O–H groups in total. The van der Waals surface area contributed by atoms with Gasteiger partial charge in [0.2, 0.25) is 0 Å². The van der Waals surface area contributed by atoms with Crippen molar-refractivity contribution in [3.8, 4) is 0 Å². The predicted octanol–water partition coefficient (Wildman–Crippen LogP) is -1.13. The van der Waals surface area contributed by atoms with Gasteiger partial charge in [0.15, 0.2) is 0 Å². The van der Waals surface area contributed by atoms with Crippen molar-refractivity contribution in [3.63, 3.8) is 0 Å². The van der Waals surface area contributed by atoms with E-state index in [2.05, 4.69) is 0 Å². The van der Waals surface area contributed by atoms with E-state index in [1.165, 1.54) is 0 Å². The second-order valence-electron chi connectivity index (χ2n) is 0.447. The van der Waals surface area contributed by atoms with Crippen LogP contribution in [0.15, 0.2) is 0 Å². The third kappa shape index (κ3) is 1580. The van der Waals surface area contributed by atoms with Gasteiger partial charge >= 0.3 is 68.5 Å². The van der Waals surface area contributed by atoms with E-state index >= 15 is 0 Å². The van der Waals surface area contributed by atoms with Crippen LogP contribution in [0.4, 0.5) is 0 Å². The molecule has 0 heterocycles. The van der Waals surface area contributed by atoms with Crippen molar-refractivity contribution < 1.29 is 27.2 Å². The fraction of sp³-hybridized carbons (Fsp3) is 0. The molecular formula is HCuKN2O6. The van der Waals surface area contributed by atoms with Gasteiger partial charge in [-0.2, -0.15) is 0 Å². The quantitative estimate of drug-likeness (QED) is 0.292. The number of hydrogen-bond donors (Lipinski definition) is 0. The Balaban J connectivity index is -0.0000000300. The molecule has 10 heavy (non-hydrogen) atoms. The Kier molecular flexibility index (Phi) is 36.5. The van der Waals surface area contributed by atoms with Crippen LogP contribution in [0, 0.1) is 30.6 Å². The van der Waals surface area contributed by atoms with Gasteiger partial charge < -0.3 is 30.6 Å². The van der Waals surface area contributed by atoms with Crippen molar-refractivity contribution in [1.29, 1.82) is 0 Å². The van der Waals surface area contributed by atoms with Gasteiger partial charge in [0.05, 0.1) is 10.2 Å². The second kappa shape index (κ2) is 16.3. The van der Waals surface area contributed by atoms with Crippen molar-refractivity contribution in [2.45, 2.75) is 0 Å². The molecule has 59 valence electrons. The molecule has 0 aliphatic rings. The first kappa shape index (κ1) is 22.4. The standard InChI is InChI=1S/Cu.K.2NO3.H/c;;2*2-1(3)4;/q+2;;2*-1;. The van der Waals surface area contributed by atoms with E-state index in [1.807, 2.05) is 0 Å². The molecule has 0 aliphatic carbocycles. The Bertz CT molecular complexity index is 73.7. The van der Waals surface area contributed by atoms with E-state index in [9.17, 15) is 0 Å². The molecule has 1 radical (unpaired) electrons. The molecule has 8 nitrogen and oxygen atoms in total. The van der Waals surface area contributed by atoms with Crippen LogP contribution in [-0.2, 0) is 17.1 Å². The Labute approximate surface area is 108 Å². The van der Waals surface area contributed by atoms with Crippen molar-refractivity contribution >= 4 is 51.4 Å². The van der Waals surface area contributed by atoms with E-state index in [1.54, 1.807) is 0 Å². The zero-order valence-electron chi connectivity index (χ0n) is 3.65. The van der Waals surface area contributed by atoms with Crippen LogP contribution in [0.2, 0.25) is 0 Å². The van der Waals surface area contributed by atoms with Gasteiger partial charge in [-0.05, 0) is 0 Å². The van der Waals surface area contributed by atoms with Crippen LogP contribution in [0.5, 0.6) is 0 Å². The van der Waals surface area contributed by atoms with Gasteiger partial charge in [-0.1, -0.05) is 0 Å². The molecule has 0 saturated carbocycles. The molecule has 0 unspecified atom stereocenters. The van der Waals surface area contributed by atoms with Crippen molar-refractivity contribution in [3.05, 3.63) is 30.6 Å². The zero-order chi connectivity index (χ0) is 7.15. The minimum atomic E-state index is -1.75. The van der Waals surface area contributed by atoms with Crippen LogP contribution >= 0.6 is 0 Å². The number of hydrogen-bond acceptors (Lipinski definition) is 6. The summed E-state index contributed by atoms with van der Waals surface area (Å²) in [7, 11) is 0. The Morgan fingerprint density at radius 2 is 0.800 bits per heavy atom. The first-order valence-electron chi connectivity index (χ1n) is 1.10. The molecule has 0 fully saturated rings. The molecule has 0 rings (SSSR count). The Hall–Kier alpha value is 0.556. The van der Waals surface area contributed by atoms with Gasteiger partial charge in [0.1, 0.15) is 0 Å². The zero-order valence-corrected chi connectivity index (χ0v) is 4.59. The molecule has 0 aromatic rings. The minimum absolute atomic E-state index is 0. The van der Waals surface area contributed by atoms with Crippen molar-refractivity contribution in [1.82, 2.24) is 0 Å². The molecular weight excluding hydrogens is 227 g/mol. The molecule has 0 aromatic carbocycles. The molecule has 0 aromatic heterocycles. The molecule has 10 heteroatoms. The first-order valence-corrected chi connectivity index (χ1v) is 1.10. The van der Waals surface area contributed by atoms with Crippen molar-refractivity contribution in [2.24, 2.45) is 0 Å². The van der Waals surface area contributed by atoms with Gasteiger partial charge in [0.25, 0.3) is 0 Å². The SMILES string of the molecule is O=[N+]([O-])[O-].O=[N+]([O-])[O-].[Cu+2].[KH]. The summed E-state index contributed by atoms with van der Waals surface area (Å²) in [5, 5.41) is 29.5. The fourth-order valence-electron chi connectivity index (χ4n) is 0. The van der Waals surface area contributed by atoms with Crippen LogP contribution < -0.4 is 0 Å². The average Bonchev–Trinajstić information content (AvgIpc) is 1.25. The maximum absolute atomic E-state index is 8.25. The molecule has 0 bridgehead atoms. The number of rotatable bonds is 0. The summed E-state index contributed by atoms with van der Waals surface area (Å²) in [5.41, 5.74) is 0. The summed E-state index contributed by atoms with van der Waals surface area (Å²) in [6.45, 7) is 0. The second-order valence-corrected chi connectivity index (χ2v) is 0.447. The summed E-state index contributed by atoms with van der Waals surface area (Å²) in [5.74, 6) is 0. The molecule has 0 atom stereocenters. The molecule has 0 amide bonds. The molecule has 0 saturated heterocycles. The third-order valence-corrected chi connectivity index (χ3v) is 0. The molecule has 0 spiro atoms. The third-order valence-electron chi connectivity index (χ3n) is 0.